The molecule has 2 aliphatic rings. The third-order valence-corrected chi connectivity index (χ3v) is 7.74. The van der Waals surface area contributed by atoms with Crippen LogP contribution in [0.3, 0.4) is 0 Å². The molecule has 9 nitrogen and oxygen atoms in total. The molecular formula is C31H30ClF2N7O2. The van der Waals surface area contributed by atoms with Gasteiger partial charge in [0.2, 0.25) is 0 Å². The molecule has 0 radical (unpaired) electrons. The van der Waals surface area contributed by atoms with Crippen LogP contribution in [0, 0.1) is 23.0 Å². The monoisotopic (exact) mass is 605 g/mol. The number of anilines is 3. The Morgan fingerprint density at radius 3 is 2.51 bits per heavy atom. The number of nitrogens with two attached hydrogens (primary N) is 1. The lowest BCUT2D eigenvalue weighted by Crippen LogP contribution is -2.49. The molecule has 0 aliphatic carbocycles. The highest BCUT2D eigenvalue weighted by molar-refractivity contribution is 5.85. The van der Waals surface area contributed by atoms with Crippen LogP contribution in [0.4, 0.5) is 30.8 Å². The summed E-state index contributed by atoms with van der Waals surface area (Å²) in [6, 6.07) is 20.6. The van der Waals surface area contributed by atoms with E-state index in [-0.39, 0.29) is 54.0 Å². The molecule has 12 heteroatoms. The number of amides is 1. The van der Waals surface area contributed by atoms with Gasteiger partial charge in [0.25, 0.3) is 0 Å². The normalized spacial score (nSPS) is 14.0. The smallest absolute Gasteiger partial charge is 0.410 e. The molecule has 1 fully saturated rings. The van der Waals surface area contributed by atoms with E-state index < -0.39 is 11.6 Å². The number of hydrogen-bond donors (Lipinski definition) is 2. The number of fused-ring (bicyclic) bond motifs is 2. The summed E-state index contributed by atoms with van der Waals surface area (Å²) < 4.78 is 36.5. The SMILES string of the molecule is Cl.N#Cc1c(-c2ccc(CN)c(F)c2F)nn2c1Nc1ccc(N3CCN(C(=O)OCc4ccccc4)CC3)cc1CC2. The van der Waals surface area contributed by atoms with Gasteiger partial charge in [0.05, 0.1) is 0 Å². The molecule has 0 atom stereocenters. The van der Waals surface area contributed by atoms with Crippen molar-refractivity contribution in [2.75, 3.05) is 36.4 Å². The van der Waals surface area contributed by atoms with Crippen molar-refractivity contribution in [3.63, 3.8) is 0 Å². The first-order valence-electron chi connectivity index (χ1n) is 13.8. The van der Waals surface area contributed by atoms with Gasteiger partial charge in [-0.2, -0.15) is 10.4 Å². The van der Waals surface area contributed by atoms with E-state index in [4.69, 9.17) is 10.5 Å². The van der Waals surface area contributed by atoms with Gasteiger partial charge < -0.3 is 25.6 Å². The van der Waals surface area contributed by atoms with Crippen LogP contribution in [-0.4, -0.2) is 47.0 Å². The zero-order valence-corrected chi connectivity index (χ0v) is 24.0. The van der Waals surface area contributed by atoms with Crippen LogP contribution in [0.25, 0.3) is 11.3 Å². The number of piperazine rings is 1. The van der Waals surface area contributed by atoms with Crippen molar-refractivity contribution >= 4 is 35.7 Å². The number of ether oxygens (including phenoxy) is 1. The van der Waals surface area contributed by atoms with E-state index in [1.165, 1.54) is 12.1 Å². The van der Waals surface area contributed by atoms with Crippen molar-refractivity contribution < 1.29 is 18.3 Å². The van der Waals surface area contributed by atoms with Gasteiger partial charge >= 0.3 is 6.09 Å². The number of carbonyl (C=O) groups excluding carboxylic acids is 1. The molecule has 0 unspecified atom stereocenters. The molecule has 3 heterocycles. The Kier molecular flexibility index (Phi) is 8.80. The fraction of sp³-hybridized carbons (Fsp3) is 0.258. The Balaban J connectivity index is 0.00000368. The summed E-state index contributed by atoms with van der Waals surface area (Å²) in [6.45, 7) is 3.00. The van der Waals surface area contributed by atoms with E-state index in [0.29, 0.717) is 45.0 Å². The highest BCUT2D eigenvalue weighted by Crippen LogP contribution is 2.37. The summed E-state index contributed by atoms with van der Waals surface area (Å²) in [5.41, 5.74) is 9.54. The van der Waals surface area contributed by atoms with Gasteiger partial charge in [0.1, 0.15) is 29.8 Å². The third kappa shape index (κ3) is 5.84. The maximum absolute atomic E-state index is 14.9. The van der Waals surface area contributed by atoms with Gasteiger partial charge in [-0.15, -0.1) is 12.4 Å². The van der Waals surface area contributed by atoms with E-state index in [1.807, 2.05) is 42.5 Å². The number of nitrogens with zero attached hydrogens (tertiary/aromatic N) is 5. The third-order valence-electron chi connectivity index (χ3n) is 7.74. The highest BCUT2D eigenvalue weighted by Gasteiger charge is 2.27. The molecule has 0 saturated carbocycles. The Bertz CT molecular complexity index is 1680. The van der Waals surface area contributed by atoms with Crippen LogP contribution < -0.4 is 16.0 Å². The number of hydrogen-bond acceptors (Lipinski definition) is 7. The highest BCUT2D eigenvalue weighted by atomic mass is 35.5. The molecule has 43 heavy (non-hydrogen) atoms. The zero-order valence-electron chi connectivity index (χ0n) is 23.2. The van der Waals surface area contributed by atoms with Crippen molar-refractivity contribution in [1.29, 1.82) is 5.26 Å². The molecule has 2 aliphatic heterocycles. The van der Waals surface area contributed by atoms with Crippen molar-refractivity contribution in [1.82, 2.24) is 14.7 Å². The van der Waals surface area contributed by atoms with Gasteiger partial charge in [0.15, 0.2) is 11.6 Å². The lowest BCUT2D eigenvalue weighted by molar-refractivity contribution is 0.0942. The Morgan fingerprint density at radius 2 is 1.79 bits per heavy atom. The first-order valence-corrected chi connectivity index (χ1v) is 13.8. The van der Waals surface area contributed by atoms with Crippen molar-refractivity contribution in [3.8, 4) is 17.3 Å². The van der Waals surface area contributed by atoms with E-state index in [9.17, 15) is 18.8 Å². The summed E-state index contributed by atoms with van der Waals surface area (Å²) in [5.74, 6) is -1.67. The van der Waals surface area contributed by atoms with Crippen molar-refractivity contribution in [2.45, 2.75) is 26.1 Å². The molecule has 1 aromatic heterocycles. The minimum absolute atomic E-state index is 0. The van der Waals surface area contributed by atoms with Crippen LogP contribution in [0.1, 0.15) is 22.3 Å². The molecule has 1 amide bonds. The lowest BCUT2D eigenvalue weighted by Gasteiger charge is -2.35. The quantitative estimate of drug-likeness (QED) is 0.316. The maximum Gasteiger partial charge on any atom is 0.410 e. The second-order valence-electron chi connectivity index (χ2n) is 10.2. The number of nitrogens with one attached hydrogen (secondary N) is 1. The number of aryl methyl sites for hydroxylation is 2. The predicted molar refractivity (Wildman–Crippen MR) is 161 cm³/mol. The number of aromatic nitrogens is 2. The molecule has 3 aromatic carbocycles. The molecule has 6 rings (SSSR count). The molecule has 3 N–H and O–H groups in total. The molecule has 0 spiro atoms. The van der Waals surface area contributed by atoms with Gasteiger partial charge in [-0.25, -0.2) is 18.3 Å². The molecule has 1 saturated heterocycles. The fourth-order valence-electron chi connectivity index (χ4n) is 5.39. The molecule has 222 valence electrons. The van der Waals surface area contributed by atoms with Gasteiger partial charge in [-0.05, 0) is 41.8 Å². The number of benzene rings is 3. The number of carbonyl (C=O) groups is 1. The topological polar surface area (TPSA) is 112 Å². The predicted octanol–water partition coefficient (Wildman–Crippen LogP) is 5.34. The van der Waals surface area contributed by atoms with E-state index in [2.05, 4.69) is 27.5 Å². The second kappa shape index (κ2) is 12.7. The summed E-state index contributed by atoms with van der Waals surface area (Å²) >= 11 is 0. The van der Waals surface area contributed by atoms with E-state index in [0.717, 1.165) is 22.5 Å². The van der Waals surface area contributed by atoms with E-state index >= 15 is 0 Å². The van der Waals surface area contributed by atoms with Crippen molar-refractivity contribution in [2.24, 2.45) is 5.73 Å². The van der Waals surface area contributed by atoms with E-state index in [1.54, 1.807) is 9.58 Å². The Labute approximate surface area is 253 Å². The summed E-state index contributed by atoms with van der Waals surface area (Å²) in [4.78, 5) is 16.5. The molecule has 4 aromatic rings. The largest absolute Gasteiger partial charge is 0.445 e. The lowest BCUT2D eigenvalue weighted by atomic mass is 10.0. The first-order chi connectivity index (χ1) is 20.5. The van der Waals surface area contributed by atoms with Gasteiger partial charge in [-0.1, -0.05) is 36.4 Å². The average Bonchev–Trinajstić information content (AvgIpc) is 3.27. The Morgan fingerprint density at radius 1 is 1.02 bits per heavy atom. The van der Waals surface area contributed by atoms with Crippen LogP contribution in [-0.2, 0) is 30.9 Å². The van der Waals surface area contributed by atoms with Crippen LogP contribution in [0.5, 0.6) is 0 Å². The van der Waals surface area contributed by atoms with Crippen molar-refractivity contribution in [3.05, 3.63) is 94.6 Å². The summed E-state index contributed by atoms with van der Waals surface area (Å²) in [7, 11) is 0. The Hall–Kier alpha value is -4.66. The standard InChI is InChI=1S/C31H29F2N7O2.ClH/c32-27-22(17-34)6-8-24(28(27)33)29-25(18-35)30-36-26-9-7-23(16-21(26)10-11-40(30)37-29)38-12-14-39(15-13-38)31(41)42-19-20-4-2-1-3-5-20;/h1-9,16,36H,10-15,17,19,34H2;1H. The summed E-state index contributed by atoms with van der Waals surface area (Å²) in [6.07, 6.45) is 0.300. The number of nitriles is 1. The molecule has 0 bridgehead atoms. The average molecular weight is 606 g/mol. The fourth-order valence-corrected chi connectivity index (χ4v) is 5.39. The van der Waals surface area contributed by atoms with Crippen LogP contribution >= 0.6 is 12.4 Å². The maximum atomic E-state index is 14.9. The van der Waals surface area contributed by atoms with Gasteiger partial charge in [0, 0.05) is 61.8 Å². The minimum Gasteiger partial charge on any atom is -0.445 e. The van der Waals surface area contributed by atoms with Crippen LogP contribution in [0.15, 0.2) is 60.7 Å². The summed E-state index contributed by atoms with van der Waals surface area (Å²) in [5, 5.41) is 17.8. The zero-order chi connectivity index (χ0) is 29.2. The number of halogens is 3. The first kappa shape index (κ1) is 29.8. The minimum atomic E-state index is -1.07. The van der Waals surface area contributed by atoms with Gasteiger partial charge in [-0.3, -0.25) is 0 Å². The van der Waals surface area contributed by atoms with Crippen LogP contribution in [0.2, 0.25) is 0 Å². The second-order valence-corrected chi connectivity index (χ2v) is 10.2. The molecular weight excluding hydrogens is 576 g/mol. The number of rotatable bonds is 5.